The fourth-order valence-electron chi connectivity index (χ4n) is 3.26. The molecule has 3 rings (SSSR count). The first-order valence-electron chi connectivity index (χ1n) is 9.33. The van der Waals surface area contributed by atoms with E-state index in [1.807, 2.05) is 0 Å². The van der Waals surface area contributed by atoms with Crippen molar-refractivity contribution in [2.75, 3.05) is 18.4 Å². The molecule has 0 bridgehead atoms. The molecule has 1 aliphatic rings. The number of carboxylic acid groups (broad SMARTS) is 1. The lowest BCUT2D eigenvalue weighted by molar-refractivity contribution is -0.143. The minimum atomic E-state index is -0.781. The number of hydrogen-bond acceptors (Lipinski definition) is 3. The van der Waals surface area contributed by atoms with Crippen LogP contribution in [0, 0.1) is 5.92 Å². The van der Waals surface area contributed by atoms with Crippen LogP contribution < -0.4 is 5.32 Å². The number of likely N-dealkylation sites (tertiary alicyclic amines) is 1. The number of carbonyl (C=O) groups is 2. The van der Waals surface area contributed by atoms with Gasteiger partial charge in [-0.1, -0.05) is 38.1 Å². The molecule has 2 aromatic rings. The second-order valence-electron chi connectivity index (χ2n) is 7.30. The highest BCUT2D eigenvalue weighted by Crippen LogP contribution is 2.19. The Balaban J connectivity index is 1.60. The molecule has 0 radical (unpaired) electrons. The number of nitrogens with zero attached hydrogens (tertiary/aromatic N) is 3. The van der Waals surface area contributed by atoms with E-state index in [1.54, 1.807) is 21.8 Å². The molecule has 0 saturated carbocycles. The summed E-state index contributed by atoms with van der Waals surface area (Å²) in [6.07, 6.45) is 2.64. The molecule has 2 N–H and O–H groups in total. The Bertz CT molecular complexity index is 790. The Morgan fingerprint density at radius 2 is 1.85 bits per heavy atom. The van der Waals surface area contributed by atoms with E-state index in [1.165, 1.54) is 5.56 Å². The van der Waals surface area contributed by atoms with E-state index in [9.17, 15) is 9.59 Å². The van der Waals surface area contributed by atoms with Gasteiger partial charge in [-0.25, -0.2) is 9.48 Å². The second-order valence-corrected chi connectivity index (χ2v) is 7.30. The van der Waals surface area contributed by atoms with E-state index in [4.69, 9.17) is 5.11 Å². The highest BCUT2D eigenvalue weighted by Gasteiger charge is 2.27. The topological polar surface area (TPSA) is 87.5 Å². The lowest BCUT2D eigenvalue weighted by atomic mass is 9.97. The average molecular weight is 370 g/mol. The van der Waals surface area contributed by atoms with Gasteiger partial charge in [0.25, 0.3) is 0 Å². The van der Waals surface area contributed by atoms with Gasteiger partial charge in [-0.15, -0.1) is 0 Å². The van der Waals surface area contributed by atoms with E-state index in [0.29, 0.717) is 44.2 Å². The summed E-state index contributed by atoms with van der Waals surface area (Å²) >= 11 is 0. The molecule has 0 aliphatic carbocycles. The maximum Gasteiger partial charge on any atom is 0.322 e. The van der Waals surface area contributed by atoms with Gasteiger partial charge in [0, 0.05) is 19.2 Å². The predicted molar refractivity (Wildman–Crippen MR) is 103 cm³/mol. The van der Waals surface area contributed by atoms with Gasteiger partial charge in [0.15, 0.2) is 0 Å². The van der Waals surface area contributed by atoms with Gasteiger partial charge in [-0.2, -0.15) is 5.10 Å². The minimum Gasteiger partial charge on any atom is -0.481 e. The Kier molecular flexibility index (Phi) is 5.78. The quantitative estimate of drug-likeness (QED) is 0.845. The normalized spacial score (nSPS) is 15.1. The zero-order valence-corrected chi connectivity index (χ0v) is 15.8. The molecule has 7 nitrogen and oxygen atoms in total. The van der Waals surface area contributed by atoms with E-state index < -0.39 is 5.97 Å². The number of urea groups is 1. The van der Waals surface area contributed by atoms with Gasteiger partial charge in [-0.3, -0.25) is 10.1 Å². The number of nitrogens with one attached hydrogen (secondary N) is 1. The summed E-state index contributed by atoms with van der Waals surface area (Å²) in [7, 11) is 0. The van der Waals surface area contributed by atoms with Gasteiger partial charge in [0.2, 0.25) is 0 Å². The van der Waals surface area contributed by atoms with Crippen LogP contribution in [-0.4, -0.2) is 44.9 Å². The summed E-state index contributed by atoms with van der Waals surface area (Å²) in [5.74, 6) is -0.0119. The van der Waals surface area contributed by atoms with Crippen molar-refractivity contribution in [2.24, 2.45) is 5.92 Å². The lowest BCUT2D eigenvalue weighted by Gasteiger charge is -2.30. The Hall–Kier alpha value is -2.83. The number of aromatic nitrogens is 2. The molecule has 0 spiro atoms. The molecular weight excluding hydrogens is 344 g/mol. The van der Waals surface area contributed by atoms with Crippen molar-refractivity contribution in [1.82, 2.24) is 14.7 Å². The SMILES string of the molecule is CC(C)c1ccc(Cn2nccc2NC(=O)N2CCC(C(=O)O)CC2)cc1. The molecule has 1 aromatic carbocycles. The maximum atomic E-state index is 12.5. The van der Waals surface area contributed by atoms with E-state index >= 15 is 0 Å². The number of anilines is 1. The van der Waals surface area contributed by atoms with Crippen molar-refractivity contribution in [1.29, 1.82) is 0 Å². The summed E-state index contributed by atoms with van der Waals surface area (Å²) in [5, 5.41) is 16.3. The molecule has 1 aliphatic heterocycles. The third kappa shape index (κ3) is 4.67. The van der Waals surface area contributed by atoms with Gasteiger partial charge in [0.1, 0.15) is 5.82 Å². The van der Waals surface area contributed by atoms with Crippen LogP contribution in [-0.2, 0) is 11.3 Å². The van der Waals surface area contributed by atoms with Crippen molar-refractivity contribution in [3.8, 4) is 0 Å². The highest BCUT2D eigenvalue weighted by atomic mass is 16.4. The molecule has 2 heterocycles. The number of aliphatic carboxylic acids is 1. The van der Waals surface area contributed by atoms with Gasteiger partial charge < -0.3 is 10.0 Å². The average Bonchev–Trinajstić information content (AvgIpc) is 3.08. The van der Waals surface area contributed by atoms with Crippen molar-refractivity contribution < 1.29 is 14.7 Å². The summed E-state index contributed by atoms with van der Waals surface area (Å²) < 4.78 is 1.76. The summed E-state index contributed by atoms with van der Waals surface area (Å²) in [5.41, 5.74) is 2.40. The van der Waals surface area contributed by atoms with Gasteiger partial charge >= 0.3 is 12.0 Å². The van der Waals surface area contributed by atoms with Crippen LogP contribution in [0.5, 0.6) is 0 Å². The molecule has 0 unspecified atom stereocenters. The first-order chi connectivity index (χ1) is 12.9. The largest absolute Gasteiger partial charge is 0.481 e. The maximum absolute atomic E-state index is 12.5. The summed E-state index contributed by atoms with van der Waals surface area (Å²) in [6.45, 7) is 5.80. The number of benzene rings is 1. The van der Waals surface area contributed by atoms with E-state index in [2.05, 4.69) is 48.5 Å². The molecule has 144 valence electrons. The molecule has 0 atom stereocenters. The molecule has 1 aromatic heterocycles. The zero-order chi connectivity index (χ0) is 19.4. The third-order valence-corrected chi connectivity index (χ3v) is 5.06. The third-order valence-electron chi connectivity index (χ3n) is 5.06. The number of rotatable bonds is 5. The van der Waals surface area contributed by atoms with Crippen LogP contribution in [0.25, 0.3) is 0 Å². The van der Waals surface area contributed by atoms with Crippen LogP contribution in [0.1, 0.15) is 43.7 Å². The van der Waals surface area contributed by atoms with E-state index in [0.717, 1.165) is 5.56 Å². The number of piperidine rings is 1. The van der Waals surface area contributed by atoms with Gasteiger partial charge in [-0.05, 0) is 29.9 Å². The summed E-state index contributed by atoms with van der Waals surface area (Å²) in [6, 6.07) is 9.96. The Morgan fingerprint density at radius 3 is 2.44 bits per heavy atom. The van der Waals surface area contributed by atoms with Crippen LogP contribution >= 0.6 is 0 Å². The number of carbonyl (C=O) groups excluding carboxylic acids is 1. The standard InChI is InChI=1S/C20H26N4O3/c1-14(2)16-5-3-15(4-6-16)13-24-18(7-10-21-24)22-20(27)23-11-8-17(9-12-23)19(25)26/h3-7,10,14,17H,8-9,11-13H2,1-2H3,(H,22,27)(H,25,26). The van der Waals surface area contributed by atoms with Gasteiger partial charge in [0.05, 0.1) is 18.7 Å². The molecule has 1 saturated heterocycles. The Labute approximate surface area is 159 Å². The number of carboxylic acids is 1. The van der Waals surface area contributed by atoms with Crippen molar-refractivity contribution in [3.05, 3.63) is 47.7 Å². The molecule has 27 heavy (non-hydrogen) atoms. The van der Waals surface area contributed by atoms with Crippen molar-refractivity contribution in [2.45, 2.75) is 39.2 Å². The van der Waals surface area contributed by atoms with Crippen LogP contribution in [0.15, 0.2) is 36.5 Å². The molecular formula is C20H26N4O3. The van der Waals surface area contributed by atoms with Crippen molar-refractivity contribution >= 4 is 17.8 Å². The van der Waals surface area contributed by atoms with Crippen LogP contribution in [0.2, 0.25) is 0 Å². The number of amides is 2. The molecule has 7 heteroatoms. The smallest absolute Gasteiger partial charge is 0.322 e. The molecule has 1 fully saturated rings. The minimum absolute atomic E-state index is 0.212. The second kappa shape index (κ2) is 8.24. The van der Waals surface area contributed by atoms with Crippen molar-refractivity contribution in [3.63, 3.8) is 0 Å². The number of hydrogen-bond donors (Lipinski definition) is 2. The molecule has 2 amide bonds. The van der Waals surface area contributed by atoms with Crippen LogP contribution in [0.3, 0.4) is 0 Å². The monoisotopic (exact) mass is 370 g/mol. The fraction of sp³-hybridized carbons (Fsp3) is 0.450. The summed E-state index contributed by atoms with van der Waals surface area (Å²) in [4.78, 5) is 25.2. The fourth-order valence-corrected chi connectivity index (χ4v) is 3.26. The predicted octanol–water partition coefficient (Wildman–Crippen LogP) is 3.38. The lowest BCUT2D eigenvalue weighted by Crippen LogP contribution is -2.42. The first-order valence-corrected chi connectivity index (χ1v) is 9.33. The van der Waals surface area contributed by atoms with E-state index in [-0.39, 0.29) is 11.9 Å². The highest BCUT2D eigenvalue weighted by molar-refractivity contribution is 5.88. The van der Waals surface area contributed by atoms with Crippen LogP contribution in [0.4, 0.5) is 10.6 Å². The Morgan fingerprint density at radius 1 is 1.19 bits per heavy atom. The first kappa shape index (κ1) is 18.9. The zero-order valence-electron chi connectivity index (χ0n) is 15.8.